The van der Waals surface area contributed by atoms with Crippen molar-refractivity contribution in [3.05, 3.63) is 107 Å². The van der Waals surface area contributed by atoms with Crippen LogP contribution in [0.15, 0.2) is 71.6 Å². The fourth-order valence-electron chi connectivity index (χ4n) is 5.13. The molecule has 204 valence electrons. The first-order valence-corrected chi connectivity index (χ1v) is 13.4. The number of rotatable bonds is 9. The minimum absolute atomic E-state index is 0.00754. The number of fused-ring (bicyclic) bond motifs is 1. The molecule has 0 amide bonds. The number of halogens is 2. The van der Waals surface area contributed by atoms with Crippen LogP contribution in [0.1, 0.15) is 52.6 Å². The second kappa shape index (κ2) is 11.2. The number of hydrogen-bond acceptors (Lipinski definition) is 7. The van der Waals surface area contributed by atoms with Crippen LogP contribution in [-0.4, -0.2) is 43.3 Å². The normalized spacial score (nSPS) is 15.6. The average Bonchev–Trinajstić information content (AvgIpc) is 3.70. The van der Waals surface area contributed by atoms with E-state index in [1.54, 1.807) is 31.6 Å². The van der Waals surface area contributed by atoms with E-state index in [0.717, 1.165) is 47.6 Å². The molecule has 1 saturated heterocycles. The number of oxazole rings is 1. The van der Waals surface area contributed by atoms with Crippen LogP contribution in [0, 0.1) is 5.82 Å². The van der Waals surface area contributed by atoms with Gasteiger partial charge in [-0.3, -0.25) is 14.7 Å². The lowest BCUT2D eigenvalue weighted by Gasteiger charge is -2.17. The third-order valence-electron chi connectivity index (χ3n) is 7.20. The molecule has 8 nitrogen and oxygen atoms in total. The largest absolute Gasteiger partial charge is 0.486 e. The molecule has 2 aromatic carbocycles. The van der Waals surface area contributed by atoms with Crippen LogP contribution < -0.4 is 4.74 Å². The van der Waals surface area contributed by atoms with Crippen molar-refractivity contribution >= 4 is 28.4 Å². The summed E-state index contributed by atoms with van der Waals surface area (Å²) in [5.41, 5.74) is 4.26. The van der Waals surface area contributed by atoms with Gasteiger partial charge >= 0.3 is 0 Å². The first-order chi connectivity index (χ1) is 19.4. The third kappa shape index (κ3) is 5.61. The van der Waals surface area contributed by atoms with Gasteiger partial charge in [0.2, 0.25) is 5.89 Å². The zero-order valence-electron chi connectivity index (χ0n) is 21.9. The minimum Gasteiger partial charge on any atom is -0.486 e. The number of pyridine rings is 1. The summed E-state index contributed by atoms with van der Waals surface area (Å²) >= 11 is 5.84. The van der Waals surface area contributed by atoms with Gasteiger partial charge in [0.25, 0.3) is 0 Å². The Morgan fingerprint density at radius 2 is 2.02 bits per heavy atom. The Balaban J connectivity index is 1.17. The molecule has 10 heteroatoms. The molecule has 0 N–H and O–H groups in total. The molecule has 40 heavy (non-hydrogen) atoms. The van der Waals surface area contributed by atoms with Crippen LogP contribution in [0.3, 0.4) is 0 Å². The number of Topliss-reactive ketones (excluding diaryl/α,β-unsaturated/α-hetero) is 1. The van der Waals surface area contributed by atoms with Crippen molar-refractivity contribution < 1.29 is 18.3 Å². The van der Waals surface area contributed by atoms with Gasteiger partial charge in [-0.25, -0.2) is 14.4 Å². The molecular weight excluding hydrogens is 533 g/mol. The lowest BCUT2D eigenvalue weighted by molar-refractivity contribution is 0.101. The monoisotopic (exact) mass is 559 g/mol. The van der Waals surface area contributed by atoms with E-state index >= 15 is 0 Å². The van der Waals surface area contributed by atoms with Crippen LogP contribution in [-0.2, 0) is 19.7 Å². The maximum absolute atomic E-state index is 14.1. The van der Waals surface area contributed by atoms with Crippen molar-refractivity contribution in [3.8, 4) is 5.75 Å². The number of aromatic nitrogens is 4. The molecule has 1 fully saturated rings. The number of carbonyl (C=O) groups is 1. The number of carbonyl (C=O) groups excluding carboxylic acids is 1. The molecule has 0 aliphatic carbocycles. The van der Waals surface area contributed by atoms with Crippen molar-refractivity contribution in [1.82, 2.24) is 24.4 Å². The molecule has 1 aliphatic heterocycles. The highest BCUT2D eigenvalue weighted by atomic mass is 35.5. The summed E-state index contributed by atoms with van der Waals surface area (Å²) in [6.45, 7) is 4.58. The Morgan fingerprint density at radius 3 is 2.83 bits per heavy atom. The summed E-state index contributed by atoms with van der Waals surface area (Å²) in [6.07, 6.45) is 5.91. The lowest BCUT2D eigenvalue weighted by Crippen LogP contribution is -2.22. The Bertz CT molecular complexity index is 1670. The maximum atomic E-state index is 14.1. The van der Waals surface area contributed by atoms with Gasteiger partial charge in [0.05, 0.1) is 23.8 Å². The van der Waals surface area contributed by atoms with E-state index < -0.39 is 5.82 Å². The van der Waals surface area contributed by atoms with Crippen molar-refractivity contribution in [2.75, 3.05) is 13.1 Å². The number of benzene rings is 2. The zero-order chi connectivity index (χ0) is 27.6. The van der Waals surface area contributed by atoms with Gasteiger partial charge in [0, 0.05) is 34.9 Å². The molecule has 0 bridgehead atoms. The molecule has 5 aromatic rings. The van der Waals surface area contributed by atoms with Crippen molar-refractivity contribution in [1.29, 1.82) is 0 Å². The maximum Gasteiger partial charge on any atom is 0.213 e. The molecule has 0 saturated carbocycles. The molecule has 6 rings (SSSR count). The summed E-state index contributed by atoms with van der Waals surface area (Å²) in [4.78, 5) is 28.2. The second-order valence-corrected chi connectivity index (χ2v) is 10.4. The average molecular weight is 560 g/mol. The van der Waals surface area contributed by atoms with Crippen LogP contribution in [0.4, 0.5) is 4.39 Å². The molecular formula is C30H27ClFN5O3. The van der Waals surface area contributed by atoms with Crippen molar-refractivity contribution in [2.24, 2.45) is 0 Å². The van der Waals surface area contributed by atoms with Gasteiger partial charge in [-0.05, 0) is 74.0 Å². The highest BCUT2D eigenvalue weighted by Gasteiger charge is 2.27. The molecule has 0 spiro atoms. The number of hydrogen-bond donors (Lipinski definition) is 0. The standard InChI is InChI=1S/C30H27ClFN5O3/c1-19(38)21-2-4-25-27(13-21)37(17-30-34-9-11-39-30)29(35-25)16-36-10-7-22(15-36)26-12-20(6-8-33-26)18-40-28-5-3-23(31)14-24(28)32/h2-6,8-9,11-14,22H,7,10,15-18H2,1H3. The van der Waals surface area contributed by atoms with Crippen LogP contribution in [0.25, 0.3) is 11.0 Å². The lowest BCUT2D eigenvalue weighted by atomic mass is 10.0. The first kappa shape index (κ1) is 26.2. The van der Waals surface area contributed by atoms with Crippen LogP contribution >= 0.6 is 11.6 Å². The summed E-state index contributed by atoms with van der Waals surface area (Å²) in [5.74, 6) is 1.40. The smallest absolute Gasteiger partial charge is 0.213 e. The number of imidazole rings is 1. The number of nitrogens with zero attached hydrogens (tertiary/aromatic N) is 5. The van der Waals surface area contributed by atoms with E-state index in [1.807, 2.05) is 30.3 Å². The predicted octanol–water partition coefficient (Wildman–Crippen LogP) is 6.03. The summed E-state index contributed by atoms with van der Waals surface area (Å²) in [5, 5.41) is 0.329. The Morgan fingerprint density at radius 1 is 1.12 bits per heavy atom. The number of likely N-dealkylation sites (tertiary alicyclic amines) is 1. The van der Waals surface area contributed by atoms with E-state index in [2.05, 4.69) is 19.4 Å². The van der Waals surface area contributed by atoms with E-state index in [4.69, 9.17) is 25.7 Å². The predicted molar refractivity (Wildman–Crippen MR) is 148 cm³/mol. The third-order valence-corrected chi connectivity index (χ3v) is 7.44. The topological polar surface area (TPSA) is 86.3 Å². The molecule has 1 unspecified atom stereocenters. The van der Waals surface area contributed by atoms with E-state index in [0.29, 0.717) is 29.6 Å². The van der Waals surface area contributed by atoms with E-state index in [9.17, 15) is 9.18 Å². The number of ketones is 1. The highest BCUT2D eigenvalue weighted by Crippen LogP contribution is 2.29. The molecule has 0 radical (unpaired) electrons. The minimum atomic E-state index is -0.486. The zero-order valence-corrected chi connectivity index (χ0v) is 22.6. The second-order valence-electron chi connectivity index (χ2n) is 9.97. The molecule has 3 aromatic heterocycles. The Labute approximate surface area is 235 Å². The summed E-state index contributed by atoms with van der Waals surface area (Å²) in [7, 11) is 0. The molecule has 1 atom stereocenters. The Kier molecular flexibility index (Phi) is 7.32. The van der Waals surface area contributed by atoms with Crippen LogP contribution in [0.2, 0.25) is 5.02 Å². The molecule has 4 heterocycles. The van der Waals surface area contributed by atoms with E-state index in [1.165, 1.54) is 12.1 Å². The first-order valence-electron chi connectivity index (χ1n) is 13.1. The molecule has 1 aliphatic rings. The van der Waals surface area contributed by atoms with Crippen molar-refractivity contribution in [2.45, 2.75) is 39.0 Å². The summed E-state index contributed by atoms with van der Waals surface area (Å²) in [6, 6.07) is 13.9. The Hall–Kier alpha value is -4.08. The highest BCUT2D eigenvalue weighted by molar-refractivity contribution is 6.30. The fourth-order valence-corrected chi connectivity index (χ4v) is 5.29. The van der Waals surface area contributed by atoms with Gasteiger partial charge in [-0.2, -0.15) is 0 Å². The van der Waals surface area contributed by atoms with Gasteiger partial charge in [-0.15, -0.1) is 0 Å². The van der Waals surface area contributed by atoms with Gasteiger partial charge in [0.15, 0.2) is 17.3 Å². The van der Waals surface area contributed by atoms with Gasteiger partial charge < -0.3 is 13.7 Å². The SMILES string of the molecule is CC(=O)c1ccc2nc(CN3CCC(c4cc(COc5ccc(Cl)cc5F)ccn4)C3)n(Cc3ncco3)c2c1. The fraction of sp³-hybridized carbons (Fsp3) is 0.267. The summed E-state index contributed by atoms with van der Waals surface area (Å²) < 4.78 is 27.4. The van der Waals surface area contributed by atoms with Crippen molar-refractivity contribution in [3.63, 3.8) is 0 Å². The van der Waals surface area contributed by atoms with Gasteiger partial charge in [0.1, 0.15) is 25.2 Å². The quantitative estimate of drug-likeness (QED) is 0.204. The van der Waals surface area contributed by atoms with E-state index in [-0.39, 0.29) is 24.1 Å². The van der Waals surface area contributed by atoms with Crippen LogP contribution in [0.5, 0.6) is 5.75 Å². The number of ether oxygens (including phenoxy) is 1. The van der Waals surface area contributed by atoms with Gasteiger partial charge in [-0.1, -0.05) is 11.6 Å².